The van der Waals surface area contributed by atoms with E-state index >= 15 is 0 Å². The van der Waals surface area contributed by atoms with Gasteiger partial charge in [-0.05, 0) is 43.0 Å². The number of hydrogen-bond donors (Lipinski definition) is 1. The number of rotatable bonds is 1. The second-order valence-electron chi connectivity index (χ2n) is 4.84. The Balaban J connectivity index is 0.000000174. The number of nitrogen functional groups attached to an aromatic ring is 1. The number of fused-ring (bicyclic) bond motifs is 1. The first-order valence-corrected chi connectivity index (χ1v) is 8.16. The summed E-state index contributed by atoms with van der Waals surface area (Å²) in [4.78, 5) is 10.4. The molecule has 3 aromatic rings. The summed E-state index contributed by atoms with van der Waals surface area (Å²) in [6, 6.07) is 6.76. The molecule has 0 fully saturated rings. The maximum absolute atomic E-state index is 11.0. The van der Waals surface area contributed by atoms with E-state index in [9.17, 15) is 15.3 Å². The minimum atomic E-state index is -0.477. The number of aryl methyl sites for hydroxylation is 1. The molecule has 0 aliphatic carbocycles. The van der Waals surface area contributed by atoms with Gasteiger partial charge in [-0.15, -0.1) is 0 Å². The highest BCUT2D eigenvalue weighted by Crippen LogP contribution is 2.31. The SMILES string of the molecule is Cc1c(Br)ccc(N)c1[N+](=O)[O-].Cc1c(Br)ccc2no[n+]([O-])c12. The Morgan fingerprint density at radius 1 is 1.17 bits per heavy atom. The smallest absolute Gasteiger partial charge is 0.296 e. The van der Waals surface area contributed by atoms with E-state index in [2.05, 4.69) is 41.6 Å². The maximum atomic E-state index is 11.0. The molecule has 0 bridgehead atoms. The largest absolute Gasteiger partial charge is 0.393 e. The minimum Gasteiger partial charge on any atom is -0.393 e. The van der Waals surface area contributed by atoms with Crippen molar-refractivity contribution in [2.45, 2.75) is 13.8 Å². The summed E-state index contributed by atoms with van der Waals surface area (Å²) in [7, 11) is 0. The fourth-order valence-corrected chi connectivity index (χ4v) is 2.67. The minimum absolute atomic E-state index is 0.0237. The molecule has 126 valence electrons. The molecular formula is C14H12Br2N4O4. The second kappa shape index (κ2) is 7.14. The van der Waals surface area contributed by atoms with Gasteiger partial charge in [0.1, 0.15) is 5.69 Å². The van der Waals surface area contributed by atoms with Crippen molar-refractivity contribution in [2.75, 3.05) is 5.73 Å². The first-order valence-electron chi connectivity index (χ1n) is 6.57. The van der Waals surface area contributed by atoms with Gasteiger partial charge in [-0.25, -0.2) is 0 Å². The monoisotopic (exact) mass is 458 g/mol. The normalized spacial score (nSPS) is 10.3. The summed E-state index contributed by atoms with van der Waals surface area (Å²) in [6.07, 6.45) is 0. The zero-order chi connectivity index (χ0) is 18.0. The Hall–Kier alpha value is -2.20. The van der Waals surface area contributed by atoms with Gasteiger partial charge in [0.05, 0.1) is 4.92 Å². The number of halogens is 2. The van der Waals surface area contributed by atoms with Crippen LogP contribution in [0.1, 0.15) is 11.1 Å². The van der Waals surface area contributed by atoms with Crippen molar-refractivity contribution >= 4 is 54.3 Å². The average molecular weight is 460 g/mol. The lowest BCUT2D eigenvalue weighted by Gasteiger charge is -2.01. The van der Waals surface area contributed by atoms with Gasteiger partial charge in [0.15, 0.2) is 0 Å². The van der Waals surface area contributed by atoms with Gasteiger partial charge in [0.2, 0.25) is 11.0 Å². The summed E-state index contributed by atoms with van der Waals surface area (Å²) in [5.74, 6) is 0. The molecule has 24 heavy (non-hydrogen) atoms. The van der Waals surface area contributed by atoms with E-state index in [1.807, 2.05) is 13.0 Å². The lowest BCUT2D eigenvalue weighted by Crippen LogP contribution is -2.23. The Morgan fingerprint density at radius 3 is 2.33 bits per heavy atom. The van der Waals surface area contributed by atoms with Crippen LogP contribution in [-0.2, 0) is 0 Å². The van der Waals surface area contributed by atoms with Gasteiger partial charge >= 0.3 is 0 Å². The zero-order valence-corrected chi connectivity index (χ0v) is 15.8. The number of nitro groups is 1. The van der Waals surface area contributed by atoms with Crippen LogP contribution < -0.4 is 10.6 Å². The number of nitrogens with two attached hydrogens (primary N) is 1. The van der Waals surface area contributed by atoms with Crippen LogP contribution in [-0.4, -0.2) is 10.1 Å². The van der Waals surface area contributed by atoms with Crippen molar-refractivity contribution in [1.82, 2.24) is 5.16 Å². The molecule has 2 aromatic carbocycles. The lowest BCUT2D eigenvalue weighted by molar-refractivity contribution is -0.782. The van der Waals surface area contributed by atoms with E-state index in [1.54, 1.807) is 19.1 Å². The third-order valence-corrected chi connectivity index (χ3v) is 5.04. The molecule has 0 radical (unpaired) electrons. The molecule has 0 saturated carbocycles. The molecular weight excluding hydrogens is 448 g/mol. The summed E-state index contributed by atoms with van der Waals surface area (Å²) < 4.78 is 6.02. The second-order valence-corrected chi connectivity index (χ2v) is 6.55. The Morgan fingerprint density at radius 2 is 1.75 bits per heavy atom. The van der Waals surface area contributed by atoms with E-state index in [1.165, 1.54) is 6.07 Å². The van der Waals surface area contributed by atoms with Gasteiger partial charge in [0.25, 0.3) is 5.69 Å². The summed E-state index contributed by atoms with van der Waals surface area (Å²) in [5.41, 5.74) is 8.04. The molecule has 0 aliphatic heterocycles. The van der Waals surface area contributed by atoms with Crippen LogP contribution in [0.15, 0.2) is 37.8 Å². The molecule has 1 aromatic heterocycles. The first kappa shape index (κ1) is 18.1. The van der Waals surface area contributed by atoms with Gasteiger partial charge in [-0.3, -0.25) is 14.7 Å². The van der Waals surface area contributed by atoms with Gasteiger partial charge in [-0.1, -0.05) is 31.9 Å². The molecule has 0 saturated heterocycles. The van der Waals surface area contributed by atoms with E-state index in [0.717, 1.165) is 10.0 Å². The highest BCUT2D eigenvalue weighted by Gasteiger charge is 2.16. The number of benzene rings is 2. The first-order chi connectivity index (χ1) is 11.2. The third kappa shape index (κ3) is 3.49. The number of aromatic nitrogens is 2. The third-order valence-electron chi connectivity index (χ3n) is 3.32. The summed E-state index contributed by atoms with van der Waals surface area (Å²) in [5, 5.41) is 25.1. The van der Waals surface area contributed by atoms with E-state index in [4.69, 9.17) is 5.73 Å². The number of hydrogen-bond acceptors (Lipinski definition) is 6. The maximum Gasteiger partial charge on any atom is 0.296 e. The Kier molecular flexibility index (Phi) is 5.40. The van der Waals surface area contributed by atoms with Crippen molar-refractivity contribution in [3.05, 3.63) is 59.7 Å². The quantitative estimate of drug-likeness (QED) is 0.255. The van der Waals surface area contributed by atoms with Crippen LogP contribution in [0.4, 0.5) is 11.4 Å². The highest BCUT2D eigenvalue weighted by molar-refractivity contribution is 9.10. The van der Waals surface area contributed by atoms with Crippen molar-refractivity contribution in [1.29, 1.82) is 0 Å². The van der Waals surface area contributed by atoms with Gasteiger partial charge in [-0.2, -0.15) is 0 Å². The molecule has 0 unspecified atom stereocenters. The van der Waals surface area contributed by atoms with Crippen molar-refractivity contribution < 1.29 is 14.5 Å². The molecule has 0 atom stereocenters. The highest BCUT2D eigenvalue weighted by atomic mass is 79.9. The van der Waals surface area contributed by atoms with E-state index < -0.39 is 4.92 Å². The average Bonchev–Trinajstić information content (AvgIpc) is 2.89. The molecule has 10 heteroatoms. The summed E-state index contributed by atoms with van der Waals surface area (Å²) >= 11 is 6.50. The molecule has 0 amide bonds. The Labute approximate surface area is 153 Å². The molecule has 8 nitrogen and oxygen atoms in total. The van der Waals surface area contributed by atoms with Crippen LogP contribution in [0, 0.1) is 29.2 Å². The number of anilines is 1. The van der Waals surface area contributed by atoms with Crippen molar-refractivity contribution in [3.8, 4) is 0 Å². The van der Waals surface area contributed by atoms with Crippen molar-refractivity contribution in [2.24, 2.45) is 0 Å². The van der Waals surface area contributed by atoms with Crippen LogP contribution in [0.25, 0.3) is 11.0 Å². The van der Waals surface area contributed by atoms with Crippen LogP contribution in [0.5, 0.6) is 0 Å². The molecule has 0 spiro atoms. The number of nitro benzene ring substituents is 1. The lowest BCUT2D eigenvalue weighted by atomic mass is 10.2. The molecule has 2 N–H and O–H groups in total. The molecule has 3 rings (SSSR count). The van der Waals surface area contributed by atoms with E-state index in [-0.39, 0.29) is 11.4 Å². The van der Waals surface area contributed by atoms with Crippen LogP contribution in [0.3, 0.4) is 0 Å². The fraction of sp³-hybridized carbons (Fsp3) is 0.143. The van der Waals surface area contributed by atoms with E-state index in [0.29, 0.717) is 26.0 Å². The standard InChI is InChI=1S/C7H5BrN2O2.C7H7BrN2O2/c1-4-5(8)2-3-6-7(4)10(11)12-9-6;1-4-5(8)2-3-6(9)7(4)10(11)12/h2-3H,1H3;2-3H,9H2,1H3. The molecule has 0 aliphatic rings. The van der Waals surface area contributed by atoms with Crippen LogP contribution in [0.2, 0.25) is 0 Å². The van der Waals surface area contributed by atoms with Gasteiger partial charge in [0, 0.05) is 25.2 Å². The Bertz CT molecular complexity index is 927. The topological polar surface area (TPSA) is 122 Å². The summed E-state index contributed by atoms with van der Waals surface area (Å²) in [6.45, 7) is 3.48. The predicted molar refractivity (Wildman–Crippen MR) is 95.4 cm³/mol. The predicted octanol–water partition coefficient (Wildman–Crippen LogP) is 3.78. The van der Waals surface area contributed by atoms with Crippen molar-refractivity contribution in [3.63, 3.8) is 0 Å². The molecule has 1 heterocycles. The number of nitrogens with zero attached hydrogens (tertiary/aromatic N) is 3. The van der Waals surface area contributed by atoms with Gasteiger partial charge < -0.3 is 10.9 Å². The van der Waals surface area contributed by atoms with Crippen LogP contribution >= 0.6 is 31.9 Å². The fourth-order valence-electron chi connectivity index (χ4n) is 2.03. The zero-order valence-electron chi connectivity index (χ0n) is 12.6.